The second-order valence-corrected chi connectivity index (χ2v) is 6.56. The summed E-state index contributed by atoms with van der Waals surface area (Å²) < 4.78 is 0. The molecule has 1 aromatic carbocycles. The van der Waals surface area contributed by atoms with Gasteiger partial charge in [-0.3, -0.25) is 4.79 Å². The number of carbonyl (C=O) groups is 1. The highest BCUT2D eigenvalue weighted by molar-refractivity contribution is 6.30. The lowest BCUT2D eigenvalue weighted by atomic mass is 9.90. The molecule has 2 fully saturated rings. The number of hydrogen-bond donors (Lipinski definition) is 1. The fourth-order valence-electron chi connectivity index (χ4n) is 3.68. The Kier molecular flexibility index (Phi) is 3.55. The van der Waals surface area contributed by atoms with Crippen LogP contribution in [0.2, 0.25) is 5.02 Å². The van der Waals surface area contributed by atoms with Gasteiger partial charge in [0.2, 0.25) is 5.91 Å². The highest BCUT2D eigenvalue weighted by atomic mass is 35.5. The van der Waals surface area contributed by atoms with Crippen molar-refractivity contribution in [2.45, 2.75) is 32.6 Å². The average Bonchev–Trinajstić information content (AvgIpc) is 3.04. The van der Waals surface area contributed by atoms with Gasteiger partial charge in [0.25, 0.3) is 0 Å². The van der Waals surface area contributed by atoms with Crippen LogP contribution in [0.5, 0.6) is 0 Å². The Morgan fingerprint density at radius 3 is 3.05 bits per heavy atom. The molecule has 106 valence electrons. The third-order valence-electron chi connectivity index (χ3n) is 4.85. The minimum atomic E-state index is 0.0673. The number of halogens is 1. The van der Waals surface area contributed by atoms with E-state index in [9.17, 15) is 4.79 Å². The molecule has 1 aromatic rings. The summed E-state index contributed by atoms with van der Waals surface area (Å²) in [5.74, 6) is 0.789. The number of benzene rings is 1. The van der Waals surface area contributed by atoms with Crippen LogP contribution in [0, 0.1) is 17.3 Å². The fourth-order valence-corrected chi connectivity index (χ4v) is 3.88. The van der Waals surface area contributed by atoms with E-state index in [2.05, 4.69) is 17.5 Å². The quantitative estimate of drug-likeness (QED) is 0.670. The molecule has 2 aliphatic carbocycles. The van der Waals surface area contributed by atoms with Crippen LogP contribution in [0.15, 0.2) is 29.4 Å². The topological polar surface area (TPSA) is 41.5 Å². The molecule has 0 spiro atoms. The first-order valence-electron chi connectivity index (χ1n) is 7.20. The van der Waals surface area contributed by atoms with E-state index in [-0.39, 0.29) is 17.2 Å². The summed E-state index contributed by atoms with van der Waals surface area (Å²) in [5.41, 5.74) is 3.80. The predicted molar refractivity (Wildman–Crippen MR) is 80.7 cm³/mol. The Labute approximate surface area is 124 Å². The Hall–Kier alpha value is -1.35. The predicted octanol–water partition coefficient (Wildman–Crippen LogP) is 3.62. The van der Waals surface area contributed by atoms with Crippen LogP contribution >= 0.6 is 11.6 Å². The summed E-state index contributed by atoms with van der Waals surface area (Å²) in [5, 5.41) is 4.72. The Bertz CT molecular complexity index is 557. The average molecular weight is 291 g/mol. The molecule has 4 heteroatoms. The molecule has 2 saturated carbocycles. The van der Waals surface area contributed by atoms with Gasteiger partial charge in [0.05, 0.1) is 6.21 Å². The second-order valence-electron chi connectivity index (χ2n) is 6.13. The first kappa shape index (κ1) is 13.6. The zero-order valence-electron chi connectivity index (χ0n) is 11.6. The number of nitrogens with one attached hydrogen (secondary N) is 1. The van der Waals surface area contributed by atoms with Crippen molar-refractivity contribution in [3.8, 4) is 0 Å². The van der Waals surface area contributed by atoms with Crippen molar-refractivity contribution in [1.29, 1.82) is 0 Å². The van der Waals surface area contributed by atoms with Crippen LogP contribution in [0.3, 0.4) is 0 Å². The Morgan fingerprint density at radius 1 is 1.50 bits per heavy atom. The highest BCUT2D eigenvalue weighted by Gasteiger charge is 2.64. The molecule has 20 heavy (non-hydrogen) atoms. The number of carbonyl (C=O) groups excluding carboxylic acids is 1. The molecule has 0 aromatic heterocycles. The third-order valence-corrected chi connectivity index (χ3v) is 5.09. The lowest BCUT2D eigenvalue weighted by molar-refractivity contribution is -0.123. The Balaban J connectivity index is 1.58. The van der Waals surface area contributed by atoms with Crippen LogP contribution in [0.25, 0.3) is 0 Å². The minimum absolute atomic E-state index is 0.0673. The van der Waals surface area contributed by atoms with E-state index in [1.54, 1.807) is 6.21 Å². The van der Waals surface area contributed by atoms with Gasteiger partial charge in [0.1, 0.15) is 0 Å². The van der Waals surface area contributed by atoms with E-state index in [1.807, 2.05) is 24.3 Å². The van der Waals surface area contributed by atoms with E-state index in [1.165, 1.54) is 25.7 Å². The maximum Gasteiger partial charge on any atom is 0.244 e. The molecule has 0 heterocycles. The van der Waals surface area contributed by atoms with Gasteiger partial charge in [-0.25, -0.2) is 5.43 Å². The van der Waals surface area contributed by atoms with Crippen LogP contribution < -0.4 is 5.43 Å². The SMILES string of the molecule is C[C@@]12CCCC[C@H]1[C@@H]2C(=O)N/N=C\c1cccc(Cl)c1. The fraction of sp³-hybridized carbons (Fsp3) is 0.500. The van der Waals surface area contributed by atoms with Gasteiger partial charge in [0.15, 0.2) is 0 Å². The van der Waals surface area contributed by atoms with Crippen LogP contribution in [0.4, 0.5) is 0 Å². The zero-order valence-corrected chi connectivity index (χ0v) is 12.4. The Morgan fingerprint density at radius 2 is 2.35 bits per heavy atom. The van der Waals surface area contributed by atoms with Crippen LogP contribution in [0.1, 0.15) is 38.2 Å². The summed E-state index contributed by atoms with van der Waals surface area (Å²) in [7, 11) is 0. The summed E-state index contributed by atoms with van der Waals surface area (Å²) in [4.78, 5) is 12.2. The van der Waals surface area contributed by atoms with Crippen LogP contribution in [-0.4, -0.2) is 12.1 Å². The van der Waals surface area contributed by atoms with Gasteiger partial charge in [-0.15, -0.1) is 0 Å². The molecule has 2 aliphatic rings. The van der Waals surface area contributed by atoms with Crippen molar-refractivity contribution in [1.82, 2.24) is 5.43 Å². The van der Waals surface area contributed by atoms with Gasteiger partial charge < -0.3 is 0 Å². The maximum absolute atomic E-state index is 12.2. The molecule has 0 bridgehead atoms. The van der Waals surface area contributed by atoms with Gasteiger partial charge >= 0.3 is 0 Å². The van der Waals surface area contributed by atoms with E-state index in [0.29, 0.717) is 10.9 Å². The van der Waals surface area contributed by atoms with Crippen LogP contribution in [-0.2, 0) is 4.79 Å². The summed E-state index contributed by atoms with van der Waals surface area (Å²) in [6, 6.07) is 7.39. The van der Waals surface area contributed by atoms with E-state index in [4.69, 9.17) is 11.6 Å². The van der Waals surface area contributed by atoms with Gasteiger partial charge in [-0.2, -0.15) is 5.10 Å². The number of amides is 1. The summed E-state index contributed by atoms with van der Waals surface area (Å²) >= 11 is 5.90. The molecule has 3 atom stereocenters. The lowest BCUT2D eigenvalue weighted by Crippen LogP contribution is -2.22. The second kappa shape index (κ2) is 5.21. The number of hydrazone groups is 1. The molecule has 0 unspecified atom stereocenters. The zero-order chi connectivity index (χ0) is 14.2. The van der Waals surface area contributed by atoms with Crippen molar-refractivity contribution in [2.75, 3.05) is 0 Å². The molecule has 1 N–H and O–H groups in total. The molecule has 3 rings (SSSR count). The van der Waals surface area contributed by atoms with Gasteiger partial charge in [-0.05, 0) is 41.9 Å². The number of rotatable bonds is 3. The molecule has 1 amide bonds. The number of fused-ring (bicyclic) bond motifs is 1. The van der Waals surface area contributed by atoms with Crippen molar-refractivity contribution >= 4 is 23.7 Å². The van der Waals surface area contributed by atoms with E-state index >= 15 is 0 Å². The molecule has 0 saturated heterocycles. The summed E-state index contributed by atoms with van der Waals surface area (Å²) in [6.07, 6.45) is 6.51. The van der Waals surface area contributed by atoms with Crippen molar-refractivity contribution < 1.29 is 4.79 Å². The molecular weight excluding hydrogens is 272 g/mol. The number of hydrogen-bond acceptors (Lipinski definition) is 2. The minimum Gasteiger partial charge on any atom is -0.273 e. The standard InChI is InChI=1S/C16H19ClN2O/c1-16-8-3-2-7-13(16)14(16)15(20)19-18-10-11-5-4-6-12(17)9-11/h4-6,9-10,13-14H,2-3,7-8H2,1H3,(H,19,20)/b18-10-/t13-,14+,16+/m0/s1. The van der Waals surface area contributed by atoms with Crippen molar-refractivity contribution in [2.24, 2.45) is 22.4 Å². The number of nitrogens with zero attached hydrogens (tertiary/aromatic N) is 1. The van der Waals surface area contributed by atoms with Gasteiger partial charge in [0, 0.05) is 10.9 Å². The van der Waals surface area contributed by atoms with Crippen molar-refractivity contribution in [3.05, 3.63) is 34.9 Å². The molecule has 0 radical (unpaired) electrons. The third kappa shape index (κ3) is 2.47. The van der Waals surface area contributed by atoms with E-state index in [0.717, 1.165) is 5.56 Å². The normalized spacial score (nSPS) is 31.9. The largest absolute Gasteiger partial charge is 0.273 e. The van der Waals surface area contributed by atoms with E-state index < -0.39 is 0 Å². The smallest absolute Gasteiger partial charge is 0.244 e. The van der Waals surface area contributed by atoms with Crippen molar-refractivity contribution in [3.63, 3.8) is 0 Å². The molecule has 0 aliphatic heterocycles. The maximum atomic E-state index is 12.2. The highest BCUT2D eigenvalue weighted by Crippen LogP contribution is 2.66. The molecular formula is C16H19ClN2O. The first-order chi connectivity index (χ1) is 9.61. The van der Waals surface area contributed by atoms with Gasteiger partial charge in [-0.1, -0.05) is 43.5 Å². The summed E-state index contributed by atoms with van der Waals surface area (Å²) in [6.45, 7) is 2.24. The first-order valence-corrected chi connectivity index (χ1v) is 7.57. The lowest BCUT2D eigenvalue weighted by Gasteiger charge is -2.15. The molecule has 3 nitrogen and oxygen atoms in total. The monoisotopic (exact) mass is 290 g/mol.